The lowest BCUT2D eigenvalue weighted by Gasteiger charge is -2.04. The van der Waals surface area contributed by atoms with E-state index in [0.29, 0.717) is 18.1 Å². The van der Waals surface area contributed by atoms with Crippen molar-refractivity contribution in [3.05, 3.63) is 40.2 Å². The number of ether oxygens (including phenoxy) is 2. The van der Waals surface area contributed by atoms with Gasteiger partial charge < -0.3 is 9.47 Å². The summed E-state index contributed by atoms with van der Waals surface area (Å²) in [6.45, 7) is 0.294. The summed E-state index contributed by atoms with van der Waals surface area (Å²) in [4.78, 5) is 23.7. The van der Waals surface area contributed by atoms with Gasteiger partial charge >= 0.3 is 11.9 Å². The van der Waals surface area contributed by atoms with Crippen LogP contribution in [0.25, 0.3) is 16.2 Å². The zero-order chi connectivity index (χ0) is 14.8. The van der Waals surface area contributed by atoms with Crippen LogP contribution in [0, 0.1) is 0 Å². The molecule has 2 heterocycles. The molecule has 21 heavy (non-hydrogen) atoms. The molecule has 0 N–H and O–H groups in total. The zero-order valence-electron chi connectivity index (χ0n) is 10.9. The number of fused-ring (bicyclic) bond motifs is 1. The molecule has 1 atom stereocenters. The van der Waals surface area contributed by atoms with Gasteiger partial charge in [-0.05, 0) is 12.1 Å². The summed E-state index contributed by atoms with van der Waals surface area (Å²) < 4.78 is 10.8. The van der Waals surface area contributed by atoms with Crippen LogP contribution in [-0.4, -0.2) is 24.6 Å². The monoisotopic (exact) mass is 322 g/mol. The molecule has 0 saturated carbocycles. The highest BCUT2D eigenvalue weighted by Gasteiger charge is 2.29. The summed E-state index contributed by atoms with van der Waals surface area (Å²) in [6.07, 6.45) is 2.50. The second-order valence-electron chi connectivity index (χ2n) is 4.49. The molecule has 1 aliphatic rings. The molecule has 3 rings (SSSR count). The van der Waals surface area contributed by atoms with E-state index >= 15 is 0 Å². The predicted octanol–water partition coefficient (Wildman–Crippen LogP) is 3.43. The van der Waals surface area contributed by atoms with Crippen LogP contribution < -0.4 is 0 Å². The van der Waals surface area contributed by atoms with Crippen molar-refractivity contribution >= 4 is 51.0 Å². The number of cyclic esters (lactones) is 1. The minimum atomic E-state index is -0.792. The first-order valence-electron chi connectivity index (χ1n) is 6.37. The fourth-order valence-corrected chi connectivity index (χ4v) is 3.45. The Hall–Kier alpha value is -1.85. The number of thiophene rings is 1. The molecule has 6 heteroatoms. The Labute approximate surface area is 129 Å². The lowest BCUT2D eigenvalue weighted by molar-refractivity contribution is -0.156. The number of rotatable bonds is 3. The minimum Gasteiger partial charge on any atom is -0.463 e. The van der Waals surface area contributed by atoms with Crippen molar-refractivity contribution in [2.75, 3.05) is 6.61 Å². The Kier molecular flexibility index (Phi) is 3.94. The van der Waals surface area contributed by atoms with E-state index in [2.05, 4.69) is 0 Å². The third-order valence-electron chi connectivity index (χ3n) is 3.08. The van der Waals surface area contributed by atoms with Crippen molar-refractivity contribution in [2.45, 2.75) is 12.5 Å². The number of benzene rings is 1. The standard InChI is InChI=1S/C15H11ClO4S/c16-14-9-3-1-2-4-11(9)21-12(14)5-6-13(17)20-10-7-8-19-15(10)18/h1-6,10H,7-8H2/b6-5+/t10-/m1/s1. The van der Waals surface area contributed by atoms with Crippen LogP contribution in [0.15, 0.2) is 30.3 Å². The lowest BCUT2D eigenvalue weighted by atomic mass is 10.2. The van der Waals surface area contributed by atoms with Gasteiger partial charge in [0.1, 0.15) is 0 Å². The Morgan fingerprint density at radius 3 is 2.95 bits per heavy atom. The van der Waals surface area contributed by atoms with Gasteiger partial charge in [0.05, 0.1) is 11.6 Å². The van der Waals surface area contributed by atoms with Gasteiger partial charge in [-0.15, -0.1) is 11.3 Å². The van der Waals surface area contributed by atoms with Crippen molar-refractivity contribution in [3.63, 3.8) is 0 Å². The molecule has 1 saturated heterocycles. The number of esters is 2. The van der Waals surface area contributed by atoms with E-state index < -0.39 is 18.0 Å². The van der Waals surface area contributed by atoms with Crippen LogP contribution in [0.4, 0.5) is 0 Å². The van der Waals surface area contributed by atoms with Gasteiger partial charge in [-0.1, -0.05) is 29.8 Å². The molecule has 1 aliphatic heterocycles. The smallest absolute Gasteiger partial charge is 0.347 e. The molecule has 108 valence electrons. The van der Waals surface area contributed by atoms with Crippen LogP contribution >= 0.6 is 22.9 Å². The second kappa shape index (κ2) is 5.87. The summed E-state index contributed by atoms with van der Waals surface area (Å²) in [5.41, 5.74) is 0. The van der Waals surface area contributed by atoms with E-state index in [1.165, 1.54) is 17.4 Å². The van der Waals surface area contributed by atoms with Crippen molar-refractivity contribution in [3.8, 4) is 0 Å². The number of halogens is 1. The van der Waals surface area contributed by atoms with Crippen LogP contribution in [0.5, 0.6) is 0 Å². The van der Waals surface area contributed by atoms with Crippen molar-refractivity contribution in [1.29, 1.82) is 0 Å². The summed E-state index contributed by atoms with van der Waals surface area (Å²) in [7, 11) is 0. The summed E-state index contributed by atoms with van der Waals surface area (Å²) >= 11 is 7.76. The fourth-order valence-electron chi connectivity index (χ4n) is 2.05. The molecule has 4 nitrogen and oxygen atoms in total. The summed E-state index contributed by atoms with van der Waals surface area (Å²) in [6, 6.07) is 7.74. The van der Waals surface area contributed by atoms with Crippen LogP contribution in [0.2, 0.25) is 5.02 Å². The van der Waals surface area contributed by atoms with E-state index in [0.717, 1.165) is 15.0 Å². The highest BCUT2D eigenvalue weighted by molar-refractivity contribution is 7.20. The Balaban J connectivity index is 1.73. The van der Waals surface area contributed by atoms with Gasteiger partial charge in [0.2, 0.25) is 6.10 Å². The zero-order valence-corrected chi connectivity index (χ0v) is 12.4. The molecule has 1 fully saturated rings. The SMILES string of the molecule is O=C(/C=C/c1sc2ccccc2c1Cl)O[C@@H]1CCOC1=O. The van der Waals surface area contributed by atoms with Crippen LogP contribution in [0.1, 0.15) is 11.3 Å². The Morgan fingerprint density at radius 2 is 2.24 bits per heavy atom. The first kappa shape index (κ1) is 14.1. The average Bonchev–Trinajstić information content (AvgIpc) is 3.02. The summed E-state index contributed by atoms with van der Waals surface area (Å²) in [5, 5.41) is 1.57. The van der Waals surface area contributed by atoms with Gasteiger partial charge in [-0.2, -0.15) is 0 Å². The van der Waals surface area contributed by atoms with Gasteiger partial charge in [0.15, 0.2) is 0 Å². The molecule has 0 spiro atoms. The average molecular weight is 323 g/mol. The van der Waals surface area contributed by atoms with E-state index in [9.17, 15) is 9.59 Å². The third kappa shape index (κ3) is 2.94. The van der Waals surface area contributed by atoms with Gasteiger partial charge in [0.25, 0.3) is 0 Å². The maximum absolute atomic E-state index is 11.7. The van der Waals surface area contributed by atoms with E-state index in [-0.39, 0.29) is 0 Å². The number of hydrogen-bond acceptors (Lipinski definition) is 5. The number of carbonyl (C=O) groups is 2. The highest BCUT2D eigenvalue weighted by atomic mass is 35.5. The van der Waals surface area contributed by atoms with Gasteiger partial charge in [-0.3, -0.25) is 0 Å². The molecular formula is C15H11ClO4S. The lowest BCUT2D eigenvalue weighted by Crippen LogP contribution is -2.21. The first-order valence-corrected chi connectivity index (χ1v) is 7.57. The molecule has 1 aromatic heterocycles. The molecule has 0 unspecified atom stereocenters. The molecular weight excluding hydrogens is 312 g/mol. The largest absolute Gasteiger partial charge is 0.463 e. The second-order valence-corrected chi connectivity index (χ2v) is 5.95. The molecule has 0 radical (unpaired) electrons. The Bertz CT molecular complexity index is 734. The van der Waals surface area contributed by atoms with Gasteiger partial charge in [0, 0.05) is 27.5 Å². The van der Waals surface area contributed by atoms with E-state index in [1.807, 2.05) is 24.3 Å². The number of hydrogen-bond donors (Lipinski definition) is 0. The molecule has 0 bridgehead atoms. The highest BCUT2D eigenvalue weighted by Crippen LogP contribution is 2.35. The quantitative estimate of drug-likeness (QED) is 0.641. The predicted molar refractivity (Wildman–Crippen MR) is 81.3 cm³/mol. The van der Waals surface area contributed by atoms with Gasteiger partial charge in [-0.25, -0.2) is 9.59 Å². The normalized spacial score (nSPS) is 18.3. The fraction of sp³-hybridized carbons (Fsp3) is 0.200. The third-order valence-corrected chi connectivity index (χ3v) is 4.73. The van der Waals surface area contributed by atoms with E-state index in [1.54, 1.807) is 6.08 Å². The number of carbonyl (C=O) groups excluding carboxylic acids is 2. The maximum atomic E-state index is 11.7. The molecule has 1 aromatic carbocycles. The van der Waals surface area contributed by atoms with Crippen LogP contribution in [0.3, 0.4) is 0 Å². The maximum Gasteiger partial charge on any atom is 0.347 e. The molecule has 2 aromatic rings. The first-order chi connectivity index (χ1) is 10.1. The summed E-state index contributed by atoms with van der Waals surface area (Å²) in [5.74, 6) is -1.07. The van der Waals surface area contributed by atoms with E-state index in [4.69, 9.17) is 21.1 Å². The van der Waals surface area contributed by atoms with Crippen molar-refractivity contribution in [1.82, 2.24) is 0 Å². The Morgan fingerprint density at radius 1 is 1.43 bits per heavy atom. The molecule has 0 aliphatic carbocycles. The van der Waals surface area contributed by atoms with Crippen LogP contribution in [-0.2, 0) is 19.1 Å². The van der Waals surface area contributed by atoms with Crippen molar-refractivity contribution < 1.29 is 19.1 Å². The molecule has 0 amide bonds. The minimum absolute atomic E-state index is 0.294. The van der Waals surface area contributed by atoms with Crippen molar-refractivity contribution in [2.24, 2.45) is 0 Å². The topological polar surface area (TPSA) is 52.6 Å².